The molecule has 2 N–H and O–H groups in total. The van der Waals surface area contributed by atoms with E-state index in [0.29, 0.717) is 24.8 Å². The van der Waals surface area contributed by atoms with Gasteiger partial charge in [0, 0.05) is 19.3 Å². The highest BCUT2D eigenvalue weighted by Crippen LogP contribution is 2.23. The van der Waals surface area contributed by atoms with Crippen LogP contribution in [0.2, 0.25) is 0 Å². The maximum absolute atomic E-state index is 11.6. The van der Waals surface area contributed by atoms with E-state index in [9.17, 15) is 4.79 Å². The molecule has 0 radical (unpaired) electrons. The molecule has 1 aromatic heterocycles. The highest BCUT2D eigenvalue weighted by Gasteiger charge is 2.25. The zero-order valence-corrected chi connectivity index (χ0v) is 12.2. The number of carbonyl (C=O) groups excluding carboxylic acids is 1. The molecule has 1 saturated heterocycles. The van der Waals surface area contributed by atoms with Crippen LogP contribution in [0.4, 0.5) is 10.5 Å². The molecule has 7 heteroatoms. The molecular weight excluding hydrogens is 260 g/mol. The van der Waals surface area contributed by atoms with Gasteiger partial charge in [0.15, 0.2) is 0 Å². The normalized spacial score (nSPS) is 17.9. The lowest BCUT2D eigenvalue weighted by Crippen LogP contribution is -2.38. The van der Waals surface area contributed by atoms with Crippen LogP contribution in [-0.4, -0.2) is 39.7 Å². The number of nitrogens with zero attached hydrogens (tertiary/aromatic N) is 3. The van der Waals surface area contributed by atoms with Gasteiger partial charge in [-0.15, -0.1) is 5.06 Å². The van der Waals surface area contributed by atoms with E-state index < -0.39 is 11.8 Å². The smallest absolute Gasteiger partial charge is 0.427 e. The first-order chi connectivity index (χ1) is 9.33. The molecule has 1 aromatic rings. The van der Waals surface area contributed by atoms with Crippen LogP contribution in [0.1, 0.15) is 39.7 Å². The van der Waals surface area contributed by atoms with Gasteiger partial charge < -0.3 is 15.3 Å². The van der Waals surface area contributed by atoms with E-state index >= 15 is 0 Å². The number of ether oxygens (including phenoxy) is 1. The molecule has 20 heavy (non-hydrogen) atoms. The number of carbonyl (C=O) groups is 1. The Morgan fingerprint density at radius 3 is 2.55 bits per heavy atom. The summed E-state index contributed by atoms with van der Waals surface area (Å²) in [5.74, 6) is 0. The Morgan fingerprint density at radius 1 is 1.40 bits per heavy atom. The minimum absolute atomic E-state index is 0.297. The SMILES string of the molecule is CC(C)(C)OC(=O)ON1CCC(n2cc(N)cn2)CC1. The fraction of sp³-hybridized carbons (Fsp3) is 0.692. The van der Waals surface area contributed by atoms with Crippen LogP contribution < -0.4 is 5.73 Å². The molecule has 0 aliphatic carbocycles. The van der Waals surface area contributed by atoms with Crippen molar-refractivity contribution in [3.05, 3.63) is 12.4 Å². The number of hydroxylamine groups is 2. The standard InChI is InChI=1S/C13H22N4O3/c1-13(2,3)19-12(18)20-16-6-4-11(5-7-16)17-9-10(14)8-15-17/h8-9,11H,4-7,14H2,1-3H3. The third-order valence-corrected chi connectivity index (χ3v) is 3.01. The molecule has 0 saturated carbocycles. The Morgan fingerprint density at radius 2 is 2.05 bits per heavy atom. The summed E-state index contributed by atoms with van der Waals surface area (Å²) in [6, 6.07) is 0.297. The summed E-state index contributed by atoms with van der Waals surface area (Å²) >= 11 is 0. The van der Waals surface area contributed by atoms with Gasteiger partial charge in [0.1, 0.15) is 5.60 Å². The molecule has 1 aliphatic heterocycles. The lowest BCUT2D eigenvalue weighted by molar-refractivity contribution is -0.154. The van der Waals surface area contributed by atoms with Crippen molar-refractivity contribution in [1.29, 1.82) is 0 Å². The number of aromatic nitrogens is 2. The van der Waals surface area contributed by atoms with E-state index in [1.54, 1.807) is 11.3 Å². The first kappa shape index (κ1) is 14.6. The van der Waals surface area contributed by atoms with Crippen LogP contribution >= 0.6 is 0 Å². The molecule has 2 heterocycles. The predicted octanol–water partition coefficient (Wildman–Crippen LogP) is 1.97. The van der Waals surface area contributed by atoms with Crippen LogP contribution in [0.15, 0.2) is 12.4 Å². The molecular formula is C13H22N4O3. The van der Waals surface area contributed by atoms with Crippen molar-refractivity contribution < 1.29 is 14.4 Å². The van der Waals surface area contributed by atoms with Crippen LogP contribution in [0, 0.1) is 0 Å². The lowest BCUT2D eigenvalue weighted by Gasteiger charge is -2.31. The average Bonchev–Trinajstić information content (AvgIpc) is 2.74. The Labute approximate surface area is 118 Å². The minimum atomic E-state index is -0.653. The van der Waals surface area contributed by atoms with Gasteiger partial charge in [-0.1, -0.05) is 0 Å². The van der Waals surface area contributed by atoms with Gasteiger partial charge >= 0.3 is 6.16 Å². The number of nitrogens with two attached hydrogens (primary N) is 1. The lowest BCUT2D eigenvalue weighted by atomic mass is 10.1. The summed E-state index contributed by atoms with van der Waals surface area (Å²) in [5.41, 5.74) is 5.78. The van der Waals surface area contributed by atoms with Crippen molar-refractivity contribution in [3.8, 4) is 0 Å². The quantitative estimate of drug-likeness (QED) is 0.835. The Balaban J connectivity index is 1.78. The van der Waals surface area contributed by atoms with E-state index in [1.807, 2.05) is 31.6 Å². The summed E-state index contributed by atoms with van der Waals surface area (Å²) in [6.45, 7) is 6.74. The van der Waals surface area contributed by atoms with Gasteiger partial charge in [-0.3, -0.25) is 4.68 Å². The van der Waals surface area contributed by atoms with Crippen LogP contribution in [-0.2, 0) is 9.57 Å². The highest BCUT2D eigenvalue weighted by atomic mass is 16.8. The zero-order chi connectivity index (χ0) is 14.8. The number of nitrogen functional groups attached to an aromatic ring is 1. The molecule has 0 aromatic carbocycles. The molecule has 7 nitrogen and oxygen atoms in total. The van der Waals surface area contributed by atoms with Crippen LogP contribution in [0.3, 0.4) is 0 Å². The van der Waals surface area contributed by atoms with Crippen molar-refractivity contribution in [2.24, 2.45) is 0 Å². The van der Waals surface area contributed by atoms with Crippen LogP contribution in [0.5, 0.6) is 0 Å². The Hall–Kier alpha value is -1.76. The zero-order valence-electron chi connectivity index (χ0n) is 12.2. The van der Waals surface area contributed by atoms with Crippen molar-refractivity contribution in [3.63, 3.8) is 0 Å². The summed E-state index contributed by atoms with van der Waals surface area (Å²) < 4.78 is 6.99. The average molecular weight is 282 g/mol. The summed E-state index contributed by atoms with van der Waals surface area (Å²) in [7, 11) is 0. The van der Waals surface area contributed by atoms with Gasteiger partial charge in [0.05, 0.1) is 17.9 Å². The largest absolute Gasteiger partial charge is 0.528 e. The summed E-state index contributed by atoms with van der Waals surface area (Å²) in [5, 5.41) is 5.85. The number of hydrogen-bond acceptors (Lipinski definition) is 6. The van der Waals surface area contributed by atoms with Crippen molar-refractivity contribution in [2.45, 2.75) is 45.3 Å². The molecule has 1 fully saturated rings. The Bertz CT molecular complexity index is 458. The van der Waals surface area contributed by atoms with E-state index in [-0.39, 0.29) is 0 Å². The third-order valence-electron chi connectivity index (χ3n) is 3.01. The van der Waals surface area contributed by atoms with Crippen LogP contribution in [0.25, 0.3) is 0 Å². The van der Waals surface area contributed by atoms with Gasteiger partial charge in [-0.2, -0.15) is 5.10 Å². The Kier molecular flexibility index (Phi) is 4.17. The molecule has 1 aliphatic rings. The first-order valence-corrected chi connectivity index (χ1v) is 6.79. The first-order valence-electron chi connectivity index (χ1n) is 6.79. The van der Waals surface area contributed by atoms with Crippen molar-refractivity contribution >= 4 is 11.8 Å². The van der Waals surface area contributed by atoms with Crippen molar-refractivity contribution in [2.75, 3.05) is 18.8 Å². The second-order valence-corrected chi connectivity index (χ2v) is 5.97. The molecule has 0 unspecified atom stereocenters. The number of hydrogen-bond donors (Lipinski definition) is 1. The second-order valence-electron chi connectivity index (χ2n) is 5.97. The van der Waals surface area contributed by atoms with Gasteiger partial charge in [-0.05, 0) is 33.6 Å². The second kappa shape index (κ2) is 5.70. The monoisotopic (exact) mass is 282 g/mol. The van der Waals surface area contributed by atoms with E-state index in [1.165, 1.54) is 0 Å². The topological polar surface area (TPSA) is 82.6 Å². The van der Waals surface area contributed by atoms with E-state index in [2.05, 4.69) is 5.10 Å². The molecule has 0 atom stereocenters. The van der Waals surface area contributed by atoms with Gasteiger partial charge in [0.2, 0.25) is 0 Å². The van der Waals surface area contributed by atoms with Gasteiger partial charge in [0.25, 0.3) is 0 Å². The minimum Gasteiger partial charge on any atom is -0.427 e. The molecule has 2 rings (SSSR count). The van der Waals surface area contributed by atoms with E-state index in [4.69, 9.17) is 15.3 Å². The number of rotatable bonds is 2. The maximum atomic E-state index is 11.6. The molecule has 112 valence electrons. The maximum Gasteiger partial charge on any atom is 0.528 e. The predicted molar refractivity (Wildman–Crippen MR) is 73.8 cm³/mol. The molecule has 0 bridgehead atoms. The molecule has 0 spiro atoms. The molecule has 0 amide bonds. The van der Waals surface area contributed by atoms with Crippen molar-refractivity contribution in [1.82, 2.24) is 14.8 Å². The number of piperidine rings is 1. The van der Waals surface area contributed by atoms with Gasteiger partial charge in [-0.25, -0.2) is 4.79 Å². The third kappa shape index (κ3) is 4.12. The number of anilines is 1. The van der Waals surface area contributed by atoms with E-state index in [0.717, 1.165) is 12.8 Å². The summed E-state index contributed by atoms with van der Waals surface area (Å²) in [4.78, 5) is 16.7. The fourth-order valence-electron chi connectivity index (χ4n) is 2.12. The fourth-order valence-corrected chi connectivity index (χ4v) is 2.12. The summed E-state index contributed by atoms with van der Waals surface area (Å²) in [6.07, 6.45) is 4.52. The highest BCUT2D eigenvalue weighted by molar-refractivity contribution is 5.60.